The van der Waals surface area contributed by atoms with E-state index < -0.39 is 0 Å². The molecule has 0 aliphatic heterocycles. The van der Waals surface area contributed by atoms with Crippen LogP contribution in [-0.2, 0) is 6.54 Å². The first-order valence-corrected chi connectivity index (χ1v) is 9.02. The molecule has 1 aliphatic carbocycles. The van der Waals surface area contributed by atoms with Crippen LogP contribution < -0.4 is 5.32 Å². The van der Waals surface area contributed by atoms with Crippen molar-refractivity contribution in [2.24, 2.45) is 5.92 Å². The lowest BCUT2D eigenvalue weighted by Gasteiger charge is -2.33. The van der Waals surface area contributed by atoms with Gasteiger partial charge in [0, 0.05) is 30.1 Å². The van der Waals surface area contributed by atoms with Crippen LogP contribution in [0.2, 0.25) is 0 Å². The van der Waals surface area contributed by atoms with Gasteiger partial charge in [0.05, 0.1) is 0 Å². The Morgan fingerprint density at radius 2 is 2.10 bits per heavy atom. The van der Waals surface area contributed by atoms with Crippen LogP contribution in [0.25, 0.3) is 0 Å². The highest BCUT2D eigenvalue weighted by atomic mass is 32.1. The summed E-state index contributed by atoms with van der Waals surface area (Å²) in [5, 5.41) is 5.76. The number of nitrogens with one attached hydrogen (secondary N) is 1. The van der Waals surface area contributed by atoms with Crippen LogP contribution in [0, 0.1) is 5.92 Å². The Labute approximate surface area is 128 Å². The SMILES string of the molecule is CNC1CCCCCC1CN(Cc1cccs1)C(C)C. The molecule has 0 bridgehead atoms. The molecule has 1 aromatic rings. The third-order valence-corrected chi connectivity index (χ3v) is 5.53. The number of hydrogen-bond acceptors (Lipinski definition) is 3. The van der Waals surface area contributed by atoms with Crippen LogP contribution in [0.5, 0.6) is 0 Å². The van der Waals surface area contributed by atoms with E-state index in [2.05, 4.69) is 48.6 Å². The molecule has 2 nitrogen and oxygen atoms in total. The first kappa shape index (κ1) is 16.0. The molecular weight excluding hydrogens is 264 g/mol. The maximum absolute atomic E-state index is 3.57. The molecule has 2 atom stereocenters. The Bertz CT molecular complexity index is 361. The van der Waals surface area contributed by atoms with Gasteiger partial charge in [-0.05, 0) is 51.1 Å². The second kappa shape index (κ2) is 8.16. The normalized spacial score (nSPS) is 24.2. The van der Waals surface area contributed by atoms with Crippen molar-refractivity contribution in [3.8, 4) is 0 Å². The van der Waals surface area contributed by atoms with Crippen LogP contribution in [0.15, 0.2) is 17.5 Å². The van der Waals surface area contributed by atoms with Gasteiger partial charge < -0.3 is 5.32 Å². The Hall–Kier alpha value is -0.380. The van der Waals surface area contributed by atoms with Gasteiger partial charge in [0.25, 0.3) is 0 Å². The van der Waals surface area contributed by atoms with E-state index in [4.69, 9.17) is 0 Å². The maximum Gasteiger partial charge on any atom is 0.0330 e. The van der Waals surface area contributed by atoms with E-state index in [1.807, 2.05) is 11.3 Å². The lowest BCUT2D eigenvalue weighted by atomic mass is 9.93. The number of thiophene rings is 1. The Balaban J connectivity index is 1.98. The molecule has 20 heavy (non-hydrogen) atoms. The van der Waals surface area contributed by atoms with Crippen molar-refractivity contribution in [3.05, 3.63) is 22.4 Å². The van der Waals surface area contributed by atoms with E-state index in [9.17, 15) is 0 Å². The quantitative estimate of drug-likeness (QED) is 0.794. The first-order valence-electron chi connectivity index (χ1n) is 8.14. The molecule has 0 aromatic carbocycles. The monoisotopic (exact) mass is 294 g/mol. The number of nitrogens with zero attached hydrogens (tertiary/aromatic N) is 1. The molecule has 0 spiro atoms. The van der Waals surface area contributed by atoms with Crippen molar-refractivity contribution in [3.63, 3.8) is 0 Å². The molecule has 0 radical (unpaired) electrons. The van der Waals surface area contributed by atoms with Crippen LogP contribution in [-0.4, -0.2) is 30.6 Å². The minimum absolute atomic E-state index is 0.623. The Morgan fingerprint density at radius 3 is 2.75 bits per heavy atom. The zero-order valence-corrected chi connectivity index (χ0v) is 14.1. The standard InChI is InChI=1S/C17H30N2S/c1-14(2)19(13-16-9-7-11-20-16)12-15-8-5-4-6-10-17(15)18-3/h7,9,11,14-15,17-18H,4-6,8,10,12-13H2,1-3H3. The van der Waals surface area contributed by atoms with E-state index in [0.29, 0.717) is 12.1 Å². The van der Waals surface area contributed by atoms with Crippen LogP contribution in [0.1, 0.15) is 50.8 Å². The van der Waals surface area contributed by atoms with Crippen LogP contribution in [0.3, 0.4) is 0 Å². The summed E-state index contributed by atoms with van der Waals surface area (Å²) in [6.45, 7) is 7.01. The average molecular weight is 295 g/mol. The van der Waals surface area contributed by atoms with Crippen molar-refractivity contribution in [2.45, 2.75) is 64.6 Å². The fraction of sp³-hybridized carbons (Fsp3) is 0.765. The zero-order chi connectivity index (χ0) is 14.4. The topological polar surface area (TPSA) is 15.3 Å². The summed E-state index contributed by atoms with van der Waals surface area (Å²) in [4.78, 5) is 4.15. The smallest absolute Gasteiger partial charge is 0.0330 e. The molecule has 1 aromatic heterocycles. The molecule has 1 aliphatic rings. The number of rotatable bonds is 6. The van der Waals surface area contributed by atoms with Gasteiger partial charge in [-0.2, -0.15) is 0 Å². The Morgan fingerprint density at radius 1 is 1.30 bits per heavy atom. The summed E-state index contributed by atoms with van der Waals surface area (Å²) in [7, 11) is 2.14. The minimum Gasteiger partial charge on any atom is -0.317 e. The van der Waals surface area contributed by atoms with Crippen molar-refractivity contribution in [1.29, 1.82) is 0 Å². The molecule has 0 saturated heterocycles. The van der Waals surface area contributed by atoms with Crippen molar-refractivity contribution in [2.75, 3.05) is 13.6 Å². The summed E-state index contributed by atoms with van der Waals surface area (Å²) in [5.74, 6) is 0.810. The van der Waals surface area contributed by atoms with Crippen LogP contribution in [0.4, 0.5) is 0 Å². The van der Waals surface area contributed by atoms with Gasteiger partial charge in [-0.15, -0.1) is 11.3 Å². The molecular formula is C17H30N2S. The minimum atomic E-state index is 0.623. The summed E-state index contributed by atoms with van der Waals surface area (Å²) in [6, 6.07) is 5.77. The summed E-state index contributed by atoms with van der Waals surface area (Å²) in [5.41, 5.74) is 0. The van der Waals surface area contributed by atoms with E-state index >= 15 is 0 Å². The van der Waals surface area contributed by atoms with Gasteiger partial charge in [0.2, 0.25) is 0 Å². The van der Waals surface area contributed by atoms with Gasteiger partial charge in [0.15, 0.2) is 0 Å². The lowest BCUT2D eigenvalue weighted by Crippen LogP contribution is -2.42. The van der Waals surface area contributed by atoms with Gasteiger partial charge in [-0.25, -0.2) is 0 Å². The zero-order valence-electron chi connectivity index (χ0n) is 13.3. The molecule has 2 unspecified atom stereocenters. The largest absolute Gasteiger partial charge is 0.317 e. The van der Waals surface area contributed by atoms with Gasteiger partial charge in [-0.1, -0.05) is 25.3 Å². The predicted octanol–water partition coefficient (Wildman–Crippen LogP) is 4.13. The van der Waals surface area contributed by atoms with Crippen molar-refractivity contribution >= 4 is 11.3 Å². The molecule has 1 heterocycles. The summed E-state index contributed by atoms with van der Waals surface area (Å²) < 4.78 is 0. The summed E-state index contributed by atoms with van der Waals surface area (Å²) in [6.07, 6.45) is 6.97. The van der Waals surface area contributed by atoms with E-state index in [-0.39, 0.29) is 0 Å². The second-order valence-electron chi connectivity index (χ2n) is 6.40. The highest BCUT2D eigenvalue weighted by molar-refractivity contribution is 7.09. The van der Waals surface area contributed by atoms with E-state index in [1.165, 1.54) is 43.5 Å². The van der Waals surface area contributed by atoms with Crippen molar-refractivity contribution in [1.82, 2.24) is 10.2 Å². The lowest BCUT2D eigenvalue weighted by molar-refractivity contribution is 0.156. The van der Waals surface area contributed by atoms with Gasteiger partial charge >= 0.3 is 0 Å². The average Bonchev–Trinajstić information content (AvgIpc) is 2.83. The highest BCUT2D eigenvalue weighted by Crippen LogP contribution is 2.26. The second-order valence-corrected chi connectivity index (χ2v) is 7.43. The molecule has 1 N–H and O–H groups in total. The van der Waals surface area contributed by atoms with Crippen molar-refractivity contribution < 1.29 is 0 Å². The predicted molar refractivity (Wildman–Crippen MR) is 89.3 cm³/mol. The van der Waals surface area contributed by atoms with Crippen LogP contribution >= 0.6 is 11.3 Å². The number of hydrogen-bond donors (Lipinski definition) is 1. The molecule has 1 fully saturated rings. The fourth-order valence-electron chi connectivity index (χ4n) is 3.34. The summed E-state index contributed by atoms with van der Waals surface area (Å²) >= 11 is 1.88. The fourth-order valence-corrected chi connectivity index (χ4v) is 4.07. The van der Waals surface area contributed by atoms with E-state index in [1.54, 1.807) is 0 Å². The molecule has 1 saturated carbocycles. The Kier molecular flexibility index (Phi) is 6.53. The maximum atomic E-state index is 3.57. The van der Waals surface area contributed by atoms with Gasteiger partial charge in [-0.3, -0.25) is 4.90 Å². The molecule has 114 valence electrons. The third kappa shape index (κ3) is 4.57. The van der Waals surface area contributed by atoms with E-state index in [0.717, 1.165) is 12.5 Å². The third-order valence-electron chi connectivity index (χ3n) is 4.67. The van der Waals surface area contributed by atoms with Gasteiger partial charge in [0.1, 0.15) is 0 Å². The molecule has 0 amide bonds. The highest BCUT2D eigenvalue weighted by Gasteiger charge is 2.25. The molecule has 3 heteroatoms. The first-order chi connectivity index (χ1) is 9.70. The molecule has 2 rings (SSSR count).